The molecule has 0 bridgehead atoms. The minimum Gasteiger partial charge on any atom is -0.454 e. The first-order valence-electron chi connectivity index (χ1n) is 11.1. The summed E-state index contributed by atoms with van der Waals surface area (Å²) in [6.45, 7) is 3.63. The Kier molecular flexibility index (Phi) is 5.68. The molecule has 4 aromatic rings. The van der Waals surface area contributed by atoms with Gasteiger partial charge in [0.05, 0.1) is 11.9 Å². The molecule has 0 unspecified atom stereocenters. The lowest BCUT2D eigenvalue weighted by Gasteiger charge is -2.28. The van der Waals surface area contributed by atoms with E-state index >= 15 is 0 Å². The van der Waals surface area contributed by atoms with Crippen LogP contribution in [0.4, 0.5) is 4.39 Å². The Bertz CT molecular complexity index is 1400. The number of nitrogens with zero attached hydrogens (tertiary/aromatic N) is 3. The monoisotopic (exact) mass is 457 g/mol. The summed E-state index contributed by atoms with van der Waals surface area (Å²) >= 11 is 0. The molecule has 1 saturated heterocycles. The molecule has 3 N–H and O–H groups in total. The van der Waals surface area contributed by atoms with Crippen LogP contribution in [0.3, 0.4) is 0 Å². The van der Waals surface area contributed by atoms with Gasteiger partial charge in [0.15, 0.2) is 17.3 Å². The highest BCUT2D eigenvalue weighted by Gasteiger charge is 2.26. The van der Waals surface area contributed by atoms with Crippen LogP contribution in [-0.2, 0) is 0 Å². The summed E-state index contributed by atoms with van der Waals surface area (Å²) in [6.07, 6.45) is 3.73. The molecule has 1 amide bonds. The van der Waals surface area contributed by atoms with Gasteiger partial charge >= 0.3 is 0 Å². The third-order valence-electron chi connectivity index (χ3n) is 6.14. The van der Waals surface area contributed by atoms with Crippen LogP contribution < -0.4 is 10.5 Å². The number of ether oxygens (including phenoxy) is 1. The van der Waals surface area contributed by atoms with Gasteiger partial charge in [0.25, 0.3) is 5.91 Å². The Labute approximate surface area is 196 Å². The van der Waals surface area contributed by atoms with Crippen molar-refractivity contribution in [3.05, 3.63) is 71.8 Å². The second kappa shape index (κ2) is 8.94. The Morgan fingerprint density at radius 2 is 1.91 bits per heavy atom. The zero-order valence-electron chi connectivity index (χ0n) is 18.7. The first kappa shape index (κ1) is 21.6. The van der Waals surface area contributed by atoms with Crippen molar-refractivity contribution in [2.75, 3.05) is 13.1 Å². The number of rotatable bonds is 5. The smallest absolute Gasteiger partial charge is 0.269 e. The second-order valence-electron chi connectivity index (χ2n) is 8.25. The van der Waals surface area contributed by atoms with Crippen LogP contribution in [-0.4, -0.2) is 38.5 Å². The molecular formula is C26H24FN5O2. The first-order valence-corrected chi connectivity index (χ1v) is 11.1. The summed E-state index contributed by atoms with van der Waals surface area (Å²) in [5.74, 6) is 2.88. The third-order valence-corrected chi connectivity index (χ3v) is 6.14. The molecule has 1 aliphatic rings. The number of imidazole rings is 1. The topological polar surface area (TPSA) is 88.7 Å². The molecular weight excluding hydrogens is 433 g/mol. The summed E-state index contributed by atoms with van der Waals surface area (Å²) in [7, 11) is 0. The van der Waals surface area contributed by atoms with E-state index in [0.717, 1.165) is 42.7 Å². The number of H-pyrrole nitrogens is 1. The molecule has 2 aromatic heterocycles. The van der Waals surface area contributed by atoms with Gasteiger partial charge in [0.1, 0.15) is 11.4 Å². The van der Waals surface area contributed by atoms with E-state index in [1.807, 2.05) is 13.1 Å². The van der Waals surface area contributed by atoms with Gasteiger partial charge in [-0.15, -0.1) is 0 Å². The van der Waals surface area contributed by atoms with E-state index in [1.54, 1.807) is 47.0 Å². The van der Waals surface area contributed by atoms with Crippen molar-refractivity contribution < 1.29 is 13.9 Å². The molecule has 8 heteroatoms. The minimum atomic E-state index is -0.573. The number of amides is 1. The predicted octanol–water partition coefficient (Wildman–Crippen LogP) is 4.52. The van der Waals surface area contributed by atoms with E-state index in [2.05, 4.69) is 26.9 Å². The standard InChI is InChI=1S/C26H24FN5O2/c1-2-13-31-14-11-17(12-15-31)20-16-29-32-24(25(28)33)23(30-26(20)32)18-7-9-19(10-8-18)34-22-6-4-3-5-21(22)27/h3-10,16-17,30H,11-12,14-15H2,1H3,(H2,28,33). The molecule has 2 aromatic carbocycles. The molecule has 1 aliphatic heterocycles. The minimum absolute atomic E-state index is 0.145. The van der Waals surface area contributed by atoms with Crippen LogP contribution in [0.2, 0.25) is 0 Å². The van der Waals surface area contributed by atoms with E-state index in [1.165, 1.54) is 6.07 Å². The summed E-state index contributed by atoms with van der Waals surface area (Å²) in [5.41, 5.74) is 9.21. The average Bonchev–Trinajstić information content (AvgIpc) is 3.41. The molecule has 34 heavy (non-hydrogen) atoms. The number of likely N-dealkylation sites (tertiary alicyclic amines) is 1. The quantitative estimate of drug-likeness (QED) is 0.431. The number of primary amides is 1. The van der Waals surface area contributed by atoms with Gasteiger partial charge in [0.2, 0.25) is 0 Å². The van der Waals surface area contributed by atoms with Crippen LogP contribution in [0.1, 0.15) is 41.7 Å². The van der Waals surface area contributed by atoms with Crippen LogP contribution >= 0.6 is 0 Å². The SMILES string of the molecule is CC#CN1CCC(c2cnn3c(C(N)=O)c(-c4ccc(Oc5ccccc5F)cc4)[nH]c23)CC1. The zero-order valence-corrected chi connectivity index (χ0v) is 18.7. The molecule has 0 atom stereocenters. The van der Waals surface area contributed by atoms with Crippen molar-refractivity contribution in [3.8, 4) is 34.7 Å². The van der Waals surface area contributed by atoms with Crippen molar-refractivity contribution >= 4 is 11.6 Å². The fraction of sp³-hybridized carbons (Fsp3) is 0.231. The number of carbonyl (C=O) groups is 1. The number of fused-ring (bicyclic) bond motifs is 1. The highest BCUT2D eigenvalue weighted by atomic mass is 19.1. The zero-order chi connectivity index (χ0) is 23.7. The van der Waals surface area contributed by atoms with Gasteiger partial charge in [0, 0.05) is 30.3 Å². The lowest BCUT2D eigenvalue weighted by atomic mass is 9.91. The molecule has 172 valence electrons. The van der Waals surface area contributed by atoms with Crippen molar-refractivity contribution in [1.82, 2.24) is 19.5 Å². The maximum atomic E-state index is 13.9. The molecule has 0 aliphatic carbocycles. The number of halogens is 1. The number of nitrogens with two attached hydrogens (primary N) is 1. The third kappa shape index (κ3) is 3.97. The highest BCUT2D eigenvalue weighted by molar-refractivity contribution is 5.98. The largest absolute Gasteiger partial charge is 0.454 e. The molecule has 0 radical (unpaired) electrons. The highest BCUT2D eigenvalue weighted by Crippen LogP contribution is 2.34. The summed E-state index contributed by atoms with van der Waals surface area (Å²) in [5, 5.41) is 4.48. The number of nitrogens with one attached hydrogen (secondary N) is 1. The van der Waals surface area contributed by atoms with Crippen LogP contribution in [0.5, 0.6) is 11.5 Å². The second-order valence-corrected chi connectivity index (χ2v) is 8.25. The Morgan fingerprint density at radius 3 is 2.59 bits per heavy atom. The van der Waals surface area contributed by atoms with Gasteiger partial charge in [-0.05, 0) is 62.1 Å². The number of hydrogen-bond acceptors (Lipinski definition) is 4. The Balaban J connectivity index is 1.45. The Morgan fingerprint density at radius 1 is 1.18 bits per heavy atom. The van der Waals surface area contributed by atoms with Crippen molar-refractivity contribution in [3.63, 3.8) is 0 Å². The normalized spacial score (nSPS) is 14.1. The molecule has 3 heterocycles. The number of carbonyl (C=O) groups excluding carboxylic acids is 1. The fourth-order valence-electron chi connectivity index (χ4n) is 4.48. The van der Waals surface area contributed by atoms with Gasteiger partial charge in [-0.3, -0.25) is 4.79 Å². The molecule has 7 nitrogen and oxygen atoms in total. The number of para-hydroxylation sites is 1. The lowest BCUT2D eigenvalue weighted by molar-refractivity contribution is 0.0994. The average molecular weight is 458 g/mol. The van der Waals surface area contributed by atoms with E-state index in [-0.39, 0.29) is 5.75 Å². The Hall–Kier alpha value is -4.25. The van der Waals surface area contributed by atoms with E-state index in [0.29, 0.717) is 23.1 Å². The van der Waals surface area contributed by atoms with Gasteiger partial charge < -0.3 is 20.4 Å². The van der Waals surface area contributed by atoms with Crippen LogP contribution in [0.25, 0.3) is 16.9 Å². The van der Waals surface area contributed by atoms with Crippen molar-refractivity contribution in [1.29, 1.82) is 0 Å². The lowest BCUT2D eigenvalue weighted by Crippen LogP contribution is -2.29. The summed E-state index contributed by atoms with van der Waals surface area (Å²) in [6, 6.07) is 16.4. The van der Waals surface area contributed by atoms with Crippen LogP contribution in [0.15, 0.2) is 54.7 Å². The van der Waals surface area contributed by atoms with Crippen molar-refractivity contribution in [2.24, 2.45) is 5.73 Å². The first-order chi connectivity index (χ1) is 16.5. The summed E-state index contributed by atoms with van der Waals surface area (Å²) < 4.78 is 21.1. The van der Waals surface area contributed by atoms with E-state index < -0.39 is 11.7 Å². The maximum Gasteiger partial charge on any atom is 0.269 e. The molecule has 1 fully saturated rings. The molecule has 0 saturated carbocycles. The van der Waals surface area contributed by atoms with Crippen molar-refractivity contribution in [2.45, 2.75) is 25.7 Å². The maximum absolute atomic E-state index is 13.9. The fourth-order valence-corrected chi connectivity index (χ4v) is 4.48. The van der Waals surface area contributed by atoms with E-state index in [9.17, 15) is 9.18 Å². The van der Waals surface area contributed by atoms with Gasteiger partial charge in [-0.1, -0.05) is 18.1 Å². The molecule has 0 spiro atoms. The predicted molar refractivity (Wildman–Crippen MR) is 127 cm³/mol. The number of piperidine rings is 1. The molecule has 5 rings (SSSR count). The van der Waals surface area contributed by atoms with Gasteiger partial charge in [-0.2, -0.15) is 5.10 Å². The van der Waals surface area contributed by atoms with Gasteiger partial charge in [-0.25, -0.2) is 8.91 Å². The number of aromatic amines is 1. The van der Waals surface area contributed by atoms with Crippen LogP contribution in [0, 0.1) is 17.8 Å². The number of benzene rings is 2. The number of hydrogen-bond donors (Lipinski definition) is 2. The summed E-state index contributed by atoms with van der Waals surface area (Å²) in [4.78, 5) is 17.9. The van der Waals surface area contributed by atoms with E-state index in [4.69, 9.17) is 10.5 Å². The number of aromatic nitrogens is 3.